The van der Waals surface area contributed by atoms with E-state index < -0.39 is 0 Å². The standard InChI is InChI=1S/C14H20O3/c1-7-13(2,3)10-8(15)6-9(16)12(17)11(10)14(7,4)5/h7,15,17H,6H2,1-5H3. The molecule has 94 valence electrons. The van der Waals surface area contributed by atoms with E-state index in [0.29, 0.717) is 5.57 Å². The van der Waals surface area contributed by atoms with Crippen LogP contribution in [0.15, 0.2) is 22.7 Å². The first-order chi connectivity index (χ1) is 7.61. The van der Waals surface area contributed by atoms with Crippen molar-refractivity contribution < 1.29 is 15.0 Å². The molecule has 0 radical (unpaired) electrons. The molecule has 0 saturated heterocycles. The molecule has 0 aromatic heterocycles. The van der Waals surface area contributed by atoms with Crippen molar-refractivity contribution in [3.63, 3.8) is 0 Å². The van der Waals surface area contributed by atoms with E-state index >= 15 is 0 Å². The molecule has 0 amide bonds. The van der Waals surface area contributed by atoms with Gasteiger partial charge in [0.1, 0.15) is 5.76 Å². The van der Waals surface area contributed by atoms with E-state index in [9.17, 15) is 15.0 Å². The predicted molar refractivity (Wildman–Crippen MR) is 65.7 cm³/mol. The van der Waals surface area contributed by atoms with Crippen LogP contribution in [0.25, 0.3) is 0 Å². The van der Waals surface area contributed by atoms with Gasteiger partial charge < -0.3 is 10.2 Å². The zero-order valence-corrected chi connectivity index (χ0v) is 11.1. The van der Waals surface area contributed by atoms with E-state index in [1.807, 2.05) is 13.8 Å². The van der Waals surface area contributed by atoms with Gasteiger partial charge >= 0.3 is 0 Å². The summed E-state index contributed by atoms with van der Waals surface area (Å²) in [4.78, 5) is 11.7. The number of aliphatic hydroxyl groups excluding tert-OH is 2. The largest absolute Gasteiger partial charge is 0.512 e. The minimum absolute atomic E-state index is 0.0725. The van der Waals surface area contributed by atoms with Gasteiger partial charge in [0.15, 0.2) is 5.76 Å². The summed E-state index contributed by atoms with van der Waals surface area (Å²) >= 11 is 0. The summed E-state index contributed by atoms with van der Waals surface area (Å²) in [6.07, 6.45) is -0.0725. The molecule has 2 aliphatic rings. The van der Waals surface area contributed by atoms with Crippen LogP contribution in [-0.4, -0.2) is 16.0 Å². The summed E-state index contributed by atoms with van der Waals surface area (Å²) in [6.45, 7) is 10.2. The fourth-order valence-electron chi connectivity index (χ4n) is 3.38. The molecule has 1 unspecified atom stereocenters. The molecule has 3 heteroatoms. The fourth-order valence-corrected chi connectivity index (χ4v) is 3.38. The Labute approximate surface area is 102 Å². The normalized spacial score (nSPS) is 30.9. The van der Waals surface area contributed by atoms with E-state index in [2.05, 4.69) is 20.8 Å². The summed E-state index contributed by atoms with van der Waals surface area (Å²) in [6, 6.07) is 0. The second-order valence-electron chi connectivity index (χ2n) is 6.31. The number of fused-ring (bicyclic) bond motifs is 1. The van der Waals surface area contributed by atoms with Crippen molar-refractivity contribution in [2.24, 2.45) is 16.7 Å². The van der Waals surface area contributed by atoms with Crippen LogP contribution >= 0.6 is 0 Å². The Morgan fingerprint density at radius 3 is 2.06 bits per heavy atom. The maximum atomic E-state index is 11.7. The van der Waals surface area contributed by atoms with Crippen molar-refractivity contribution in [1.82, 2.24) is 0 Å². The molecule has 2 rings (SSSR count). The number of carbonyl (C=O) groups excluding carboxylic acids is 1. The lowest BCUT2D eigenvalue weighted by molar-refractivity contribution is -0.118. The Hall–Kier alpha value is -1.25. The molecular weight excluding hydrogens is 216 g/mol. The van der Waals surface area contributed by atoms with Gasteiger partial charge in [0, 0.05) is 11.1 Å². The average Bonchev–Trinajstić information content (AvgIpc) is 2.33. The molecule has 3 nitrogen and oxygen atoms in total. The van der Waals surface area contributed by atoms with Crippen LogP contribution in [0.1, 0.15) is 41.0 Å². The highest BCUT2D eigenvalue weighted by atomic mass is 16.3. The highest BCUT2D eigenvalue weighted by Crippen LogP contribution is 2.62. The van der Waals surface area contributed by atoms with Crippen molar-refractivity contribution >= 4 is 5.78 Å². The molecule has 0 aliphatic heterocycles. The second-order valence-corrected chi connectivity index (χ2v) is 6.31. The Balaban J connectivity index is 2.79. The van der Waals surface area contributed by atoms with Gasteiger partial charge in [-0.1, -0.05) is 34.6 Å². The topological polar surface area (TPSA) is 57.5 Å². The van der Waals surface area contributed by atoms with Gasteiger partial charge in [-0.2, -0.15) is 0 Å². The van der Waals surface area contributed by atoms with Crippen LogP contribution in [0, 0.1) is 16.7 Å². The van der Waals surface area contributed by atoms with Gasteiger partial charge in [-0.15, -0.1) is 0 Å². The molecule has 1 saturated carbocycles. The first-order valence-corrected chi connectivity index (χ1v) is 6.01. The number of aliphatic hydroxyl groups is 2. The second kappa shape index (κ2) is 3.15. The van der Waals surface area contributed by atoms with Crippen LogP contribution in [0.4, 0.5) is 0 Å². The first-order valence-electron chi connectivity index (χ1n) is 6.01. The highest BCUT2D eigenvalue weighted by molar-refractivity contribution is 5.98. The van der Waals surface area contributed by atoms with E-state index in [1.165, 1.54) is 0 Å². The number of ketones is 1. The van der Waals surface area contributed by atoms with E-state index in [4.69, 9.17) is 0 Å². The molecule has 0 spiro atoms. The number of hydrogen-bond acceptors (Lipinski definition) is 3. The maximum Gasteiger partial charge on any atom is 0.204 e. The molecular formula is C14H20O3. The van der Waals surface area contributed by atoms with Crippen molar-refractivity contribution in [1.29, 1.82) is 0 Å². The monoisotopic (exact) mass is 236 g/mol. The van der Waals surface area contributed by atoms with Crippen LogP contribution in [-0.2, 0) is 4.79 Å². The molecule has 0 aromatic rings. The summed E-state index contributed by atoms with van der Waals surface area (Å²) in [5, 5.41) is 20.1. The minimum atomic E-state index is -0.376. The van der Waals surface area contributed by atoms with Gasteiger partial charge in [0.05, 0.1) is 6.42 Å². The third-order valence-corrected chi connectivity index (χ3v) is 4.82. The van der Waals surface area contributed by atoms with Gasteiger partial charge in [-0.25, -0.2) is 0 Å². The SMILES string of the molecule is CC1C(C)(C)C2=C(O)CC(=O)C(O)=C2C1(C)C. The summed E-state index contributed by atoms with van der Waals surface area (Å²) < 4.78 is 0. The maximum absolute atomic E-state index is 11.7. The van der Waals surface area contributed by atoms with Crippen LogP contribution < -0.4 is 0 Å². The zero-order chi connectivity index (χ0) is 13.2. The van der Waals surface area contributed by atoms with E-state index in [1.54, 1.807) is 0 Å². The van der Waals surface area contributed by atoms with Crippen molar-refractivity contribution in [3.8, 4) is 0 Å². The van der Waals surface area contributed by atoms with Gasteiger partial charge in [0.25, 0.3) is 0 Å². The number of Topliss-reactive ketones (excluding diaryl/α,β-unsaturated/α-hetero) is 1. The Kier molecular flexibility index (Phi) is 2.26. The minimum Gasteiger partial charge on any atom is -0.512 e. The number of hydrogen-bond donors (Lipinski definition) is 2. The third-order valence-electron chi connectivity index (χ3n) is 4.82. The molecule has 2 N–H and O–H groups in total. The smallest absolute Gasteiger partial charge is 0.204 e. The summed E-state index contributed by atoms with van der Waals surface area (Å²) in [7, 11) is 0. The van der Waals surface area contributed by atoms with Crippen LogP contribution in [0.2, 0.25) is 0 Å². The first kappa shape index (κ1) is 12.2. The fraction of sp³-hybridized carbons (Fsp3) is 0.643. The average molecular weight is 236 g/mol. The lowest BCUT2D eigenvalue weighted by atomic mass is 9.73. The molecule has 0 heterocycles. The Bertz CT molecular complexity index is 464. The molecule has 2 aliphatic carbocycles. The lowest BCUT2D eigenvalue weighted by Gasteiger charge is -2.31. The molecule has 0 bridgehead atoms. The predicted octanol–water partition coefficient (Wildman–Crippen LogP) is 3.29. The molecule has 1 atom stereocenters. The Morgan fingerprint density at radius 2 is 1.53 bits per heavy atom. The van der Waals surface area contributed by atoms with Gasteiger partial charge in [-0.3, -0.25) is 4.79 Å². The summed E-state index contributed by atoms with van der Waals surface area (Å²) in [5.41, 5.74) is 0.890. The number of carbonyl (C=O) groups is 1. The van der Waals surface area contributed by atoms with Crippen molar-refractivity contribution in [2.45, 2.75) is 41.0 Å². The highest BCUT2D eigenvalue weighted by Gasteiger charge is 2.55. The molecule has 1 fully saturated rings. The Morgan fingerprint density at radius 1 is 1.06 bits per heavy atom. The van der Waals surface area contributed by atoms with Crippen LogP contribution in [0.3, 0.4) is 0 Å². The van der Waals surface area contributed by atoms with Gasteiger partial charge in [-0.05, 0) is 16.7 Å². The van der Waals surface area contributed by atoms with Crippen molar-refractivity contribution in [3.05, 3.63) is 22.7 Å². The summed E-state index contributed by atoms with van der Waals surface area (Å²) in [5.74, 6) is -0.153. The third kappa shape index (κ3) is 1.31. The van der Waals surface area contributed by atoms with Crippen molar-refractivity contribution in [2.75, 3.05) is 0 Å². The van der Waals surface area contributed by atoms with Crippen LogP contribution in [0.5, 0.6) is 0 Å². The number of allylic oxidation sites excluding steroid dienone is 4. The van der Waals surface area contributed by atoms with Gasteiger partial charge in [0.2, 0.25) is 5.78 Å². The zero-order valence-electron chi connectivity index (χ0n) is 11.1. The quantitative estimate of drug-likeness (QED) is 0.678. The van der Waals surface area contributed by atoms with E-state index in [0.717, 1.165) is 5.57 Å². The van der Waals surface area contributed by atoms with E-state index in [-0.39, 0.29) is 40.5 Å². The number of rotatable bonds is 0. The molecule has 0 aromatic carbocycles. The lowest BCUT2D eigenvalue weighted by Crippen LogP contribution is -2.25. The molecule has 17 heavy (non-hydrogen) atoms.